The highest BCUT2D eigenvalue weighted by Crippen LogP contribution is 2.25. The van der Waals surface area contributed by atoms with Gasteiger partial charge >= 0.3 is 0 Å². The molecule has 0 aliphatic carbocycles. The summed E-state index contributed by atoms with van der Waals surface area (Å²) in [4.78, 5) is 27.8. The van der Waals surface area contributed by atoms with E-state index in [9.17, 15) is 4.79 Å². The first kappa shape index (κ1) is 17.6. The van der Waals surface area contributed by atoms with Gasteiger partial charge in [-0.15, -0.1) is 11.3 Å². The fourth-order valence-corrected chi connectivity index (χ4v) is 3.82. The summed E-state index contributed by atoms with van der Waals surface area (Å²) in [5.74, 6) is 1.84. The fourth-order valence-electron chi connectivity index (χ4n) is 3.13. The second-order valence-corrected chi connectivity index (χ2v) is 7.48. The van der Waals surface area contributed by atoms with Crippen molar-refractivity contribution in [2.75, 3.05) is 23.3 Å². The van der Waals surface area contributed by atoms with Crippen LogP contribution in [-0.2, 0) is 4.79 Å². The van der Waals surface area contributed by atoms with Crippen LogP contribution in [0.5, 0.6) is 0 Å². The minimum atomic E-state index is -0.0805. The van der Waals surface area contributed by atoms with Crippen LogP contribution in [0.3, 0.4) is 0 Å². The van der Waals surface area contributed by atoms with Crippen molar-refractivity contribution in [3.8, 4) is 11.5 Å². The number of anilines is 2. The van der Waals surface area contributed by atoms with E-state index in [2.05, 4.69) is 30.3 Å². The average molecular weight is 384 g/mol. The molecule has 0 bridgehead atoms. The maximum Gasteiger partial charge on any atom is 0.259 e. The number of carbonyl (C=O) groups excluding carboxylic acids is 1. The summed E-state index contributed by atoms with van der Waals surface area (Å²) in [6.07, 6.45) is 3.54. The Kier molecular flexibility index (Phi) is 4.85. The molecule has 1 aliphatic heterocycles. The first-order valence-corrected chi connectivity index (χ1v) is 9.71. The van der Waals surface area contributed by atoms with Gasteiger partial charge in [0.25, 0.3) is 5.89 Å². The van der Waals surface area contributed by atoms with Crippen molar-refractivity contribution in [1.29, 1.82) is 0 Å². The monoisotopic (exact) mass is 384 g/mol. The Morgan fingerprint density at radius 3 is 2.89 bits per heavy atom. The Labute approximate surface area is 160 Å². The molecule has 140 valence electrons. The van der Waals surface area contributed by atoms with Crippen molar-refractivity contribution in [1.82, 2.24) is 20.1 Å². The quantitative estimate of drug-likeness (QED) is 0.738. The molecular weight excluding hydrogens is 364 g/mol. The molecule has 1 atom stereocenters. The molecule has 1 N–H and O–H groups in total. The first-order valence-electron chi connectivity index (χ1n) is 8.83. The lowest BCUT2D eigenvalue weighted by molar-refractivity contribution is -0.120. The molecule has 1 fully saturated rings. The second-order valence-electron chi connectivity index (χ2n) is 6.62. The highest BCUT2D eigenvalue weighted by atomic mass is 32.1. The van der Waals surface area contributed by atoms with Gasteiger partial charge in [0, 0.05) is 24.7 Å². The summed E-state index contributed by atoms with van der Waals surface area (Å²) in [7, 11) is 0. The van der Waals surface area contributed by atoms with Crippen LogP contribution in [0.15, 0.2) is 28.2 Å². The van der Waals surface area contributed by atoms with E-state index < -0.39 is 0 Å². The zero-order valence-electron chi connectivity index (χ0n) is 15.2. The number of thiazole rings is 1. The van der Waals surface area contributed by atoms with Crippen molar-refractivity contribution in [2.45, 2.75) is 26.7 Å². The summed E-state index contributed by atoms with van der Waals surface area (Å²) < 4.78 is 5.17. The standard InChI is InChI=1S/C18H20N6O2S/c1-11-10-27-18(20-11)22-16(25)14-4-3-7-24(9-14)15-6-5-13(8-19-15)17-21-12(2)23-26-17/h5-6,8,10,14H,3-4,7,9H2,1-2H3,(H,20,22,25)/t14-/m0/s1. The Balaban J connectivity index is 1.42. The minimum Gasteiger partial charge on any atom is -0.356 e. The number of nitrogens with zero attached hydrogens (tertiary/aromatic N) is 5. The number of hydrogen-bond donors (Lipinski definition) is 1. The molecule has 3 aromatic heterocycles. The highest BCUT2D eigenvalue weighted by molar-refractivity contribution is 7.13. The van der Waals surface area contributed by atoms with Gasteiger partial charge in [-0.05, 0) is 38.8 Å². The molecule has 4 heterocycles. The van der Waals surface area contributed by atoms with Crippen LogP contribution in [0.2, 0.25) is 0 Å². The van der Waals surface area contributed by atoms with Crippen LogP contribution in [0, 0.1) is 19.8 Å². The van der Waals surface area contributed by atoms with Crippen LogP contribution in [-0.4, -0.2) is 39.1 Å². The molecule has 0 spiro atoms. The SMILES string of the molecule is Cc1csc(NC(=O)[C@H]2CCCN(c3ccc(-c4nc(C)no4)cn3)C2)n1. The molecule has 0 aromatic carbocycles. The number of amides is 1. The maximum absolute atomic E-state index is 12.6. The van der Waals surface area contributed by atoms with E-state index in [1.54, 1.807) is 13.1 Å². The Morgan fingerprint density at radius 2 is 2.22 bits per heavy atom. The molecule has 4 rings (SSSR count). The summed E-state index contributed by atoms with van der Waals surface area (Å²) >= 11 is 1.45. The van der Waals surface area contributed by atoms with Crippen molar-refractivity contribution < 1.29 is 9.32 Å². The molecule has 1 amide bonds. The number of rotatable bonds is 4. The number of pyridine rings is 1. The molecule has 8 nitrogen and oxygen atoms in total. The predicted molar refractivity (Wildman–Crippen MR) is 103 cm³/mol. The summed E-state index contributed by atoms with van der Waals surface area (Å²) in [6.45, 7) is 5.22. The first-order chi connectivity index (χ1) is 13.1. The van der Waals surface area contributed by atoms with Gasteiger partial charge < -0.3 is 14.7 Å². The molecule has 1 saturated heterocycles. The van der Waals surface area contributed by atoms with Crippen LogP contribution in [0.1, 0.15) is 24.4 Å². The van der Waals surface area contributed by atoms with Gasteiger partial charge in [0.15, 0.2) is 11.0 Å². The maximum atomic E-state index is 12.6. The van der Waals surface area contributed by atoms with E-state index in [0.29, 0.717) is 23.4 Å². The van der Waals surface area contributed by atoms with E-state index >= 15 is 0 Å². The zero-order valence-corrected chi connectivity index (χ0v) is 16.0. The number of aryl methyl sites for hydroxylation is 2. The Hall–Kier alpha value is -2.81. The predicted octanol–water partition coefficient (Wildman–Crippen LogP) is 3.06. The Morgan fingerprint density at radius 1 is 1.33 bits per heavy atom. The lowest BCUT2D eigenvalue weighted by Gasteiger charge is -2.32. The van der Waals surface area contributed by atoms with Gasteiger partial charge in [-0.25, -0.2) is 9.97 Å². The van der Waals surface area contributed by atoms with Gasteiger partial charge in [-0.1, -0.05) is 5.16 Å². The average Bonchev–Trinajstić information content (AvgIpc) is 3.30. The lowest BCUT2D eigenvalue weighted by Crippen LogP contribution is -2.41. The fraction of sp³-hybridized carbons (Fsp3) is 0.389. The van der Waals surface area contributed by atoms with E-state index in [0.717, 1.165) is 36.5 Å². The molecule has 0 unspecified atom stereocenters. The van der Waals surface area contributed by atoms with Crippen LogP contribution in [0.25, 0.3) is 11.5 Å². The molecule has 9 heteroatoms. The van der Waals surface area contributed by atoms with Gasteiger partial charge in [-0.3, -0.25) is 4.79 Å². The van der Waals surface area contributed by atoms with E-state index in [1.165, 1.54) is 11.3 Å². The minimum absolute atomic E-state index is 0.0204. The molecule has 3 aromatic rings. The molecule has 1 aliphatic rings. The van der Waals surface area contributed by atoms with Crippen LogP contribution >= 0.6 is 11.3 Å². The third kappa shape index (κ3) is 3.97. The number of nitrogens with one attached hydrogen (secondary N) is 1. The number of aromatic nitrogens is 4. The summed E-state index contributed by atoms with van der Waals surface area (Å²) in [5, 5.41) is 9.32. The zero-order chi connectivity index (χ0) is 18.8. The van der Waals surface area contributed by atoms with Crippen molar-refractivity contribution >= 4 is 28.2 Å². The molecule has 0 radical (unpaired) electrons. The van der Waals surface area contributed by atoms with E-state index in [4.69, 9.17) is 4.52 Å². The number of piperidine rings is 1. The topological polar surface area (TPSA) is 97.0 Å². The van der Waals surface area contributed by atoms with Crippen molar-refractivity contribution in [3.05, 3.63) is 35.2 Å². The normalized spacial score (nSPS) is 17.1. The lowest BCUT2D eigenvalue weighted by atomic mass is 9.97. The van der Waals surface area contributed by atoms with Crippen molar-refractivity contribution in [3.63, 3.8) is 0 Å². The van der Waals surface area contributed by atoms with Gasteiger partial charge in [-0.2, -0.15) is 4.98 Å². The number of carbonyl (C=O) groups is 1. The smallest absolute Gasteiger partial charge is 0.259 e. The summed E-state index contributed by atoms with van der Waals surface area (Å²) in [5.41, 5.74) is 1.70. The van der Waals surface area contributed by atoms with Gasteiger partial charge in [0.05, 0.1) is 17.2 Å². The molecule has 0 saturated carbocycles. The van der Waals surface area contributed by atoms with Crippen molar-refractivity contribution in [2.24, 2.45) is 5.92 Å². The van der Waals surface area contributed by atoms with Gasteiger partial charge in [0.2, 0.25) is 5.91 Å². The second kappa shape index (κ2) is 7.43. The van der Waals surface area contributed by atoms with Gasteiger partial charge in [0.1, 0.15) is 5.82 Å². The summed E-state index contributed by atoms with van der Waals surface area (Å²) in [6, 6.07) is 3.84. The van der Waals surface area contributed by atoms with E-state index in [-0.39, 0.29) is 11.8 Å². The highest BCUT2D eigenvalue weighted by Gasteiger charge is 2.27. The molecule has 27 heavy (non-hydrogen) atoms. The third-order valence-electron chi connectivity index (χ3n) is 4.49. The molecular formula is C18H20N6O2S. The largest absolute Gasteiger partial charge is 0.356 e. The number of hydrogen-bond acceptors (Lipinski definition) is 8. The third-order valence-corrected chi connectivity index (χ3v) is 5.36. The Bertz CT molecular complexity index is 935. The van der Waals surface area contributed by atoms with E-state index in [1.807, 2.05) is 24.4 Å². The van der Waals surface area contributed by atoms with Crippen LogP contribution in [0.4, 0.5) is 10.9 Å². The van der Waals surface area contributed by atoms with Crippen LogP contribution < -0.4 is 10.2 Å².